The SMILES string of the molecule is CC1(C(=O)Nc2ccncc2N)CCCO1. The van der Waals surface area contributed by atoms with Gasteiger partial charge in [0, 0.05) is 12.8 Å². The minimum absolute atomic E-state index is 0.150. The normalized spacial score (nSPS) is 24.3. The number of anilines is 2. The first-order valence-corrected chi connectivity index (χ1v) is 5.27. The molecule has 86 valence electrons. The molecule has 1 unspecified atom stereocenters. The highest BCUT2D eigenvalue weighted by Crippen LogP contribution is 2.27. The van der Waals surface area contributed by atoms with Crippen LogP contribution in [0.5, 0.6) is 0 Å². The molecule has 1 aliphatic heterocycles. The van der Waals surface area contributed by atoms with Gasteiger partial charge in [0.05, 0.1) is 17.6 Å². The van der Waals surface area contributed by atoms with Gasteiger partial charge in [-0.25, -0.2) is 0 Å². The standard InChI is InChI=1S/C11H15N3O2/c1-11(4-2-6-16-11)10(15)14-9-3-5-13-7-8(9)12/h3,5,7H,2,4,6,12H2,1H3,(H,13,14,15). The lowest BCUT2D eigenvalue weighted by Crippen LogP contribution is -2.39. The zero-order valence-corrected chi connectivity index (χ0v) is 9.19. The van der Waals surface area contributed by atoms with E-state index in [1.54, 1.807) is 19.2 Å². The molecule has 0 radical (unpaired) electrons. The van der Waals surface area contributed by atoms with Crippen LogP contribution in [-0.4, -0.2) is 23.1 Å². The first kappa shape index (κ1) is 10.9. The quantitative estimate of drug-likeness (QED) is 0.786. The molecule has 1 aliphatic rings. The fourth-order valence-electron chi connectivity index (χ4n) is 1.73. The zero-order valence-electron chi connectivity index (χ0n) is 9.19. The summed E-state index contributed by atoms with van der Waals surface area (Å²) in [6, 6.07) is 1.67. The second-order valence-electron chi connectivity index (χ2n) is 4.10. The Balaban J connectivity index is 2.10. The Kier molecular flexibility index (Phi) is 2.78. The number of aromatic nitrogens is 1. The van der Waals surface area contributed by atoms with Crippen molar-refractivity contribution in [1.29, 1.82) is 0 Å². The molecule has 0 saturated carbocycles. The number of pyridine rings is 1. The van der Waals surface area contributed by atoms with Crippen molar-refractivity contribution in [2.24, 2.45) is 0 Å². The average Bonchev–Trinajstić information content (AvgIpc) is 2.70. The van der Waals surface area contributed by atoms with Crippen LogP contribution < -0.4 is 11.1 Å². The third-order valence-electron chi connectivity index (χ3n) is 2.80. The van der Waals surface area contributed by atoms with Crippen LogP contribution in [0.2, 0.25) is 0 Å². The first-order valence-electron chi connectivity index (χ1n) is 5.27. The molecule has 0 spiro atoms. The average molecular weight is 221 g/mol. The monoisotopic (exact) mass is 221 g/mol. The van der Waals surface area contributed by atoms with Gasteiger partial charge >= 0.3 is 0 Å². The molecule has 1 aromatic rings. The number of hydrogen-bond donors (Lipinski definition) is 2. The second kappa shape index (κ2) is 4.09. The van der Waals surface area contributed by atoms with E-state index in [1.807, 2.05) is 0 Å². The second-order valence-corrected chi connectivity index (χ2v) is 4.10. The number of nitrogens with two attached hydrogens (primary N) is 1. The number of carbonyl (C=O) groups excluding carboxylic acids is 1. The molecule has 2 heterocycles. The van der Waals surface area contributed by atoms with Gasteiger partial charge in [0.15, 0.2) is 0 Å². The van der Waals surface area contributed by atoms with Gasteiger partial charge in [0.2, 0.25) is 0 Å². The lowest BCUT2D eigenvalue weighted by Gasteiger charge is -2.22. The number of amides is 1. The molecule has 2 rings (SSSR count). The lowest BCUT2D eigenvalue weighted by molar-refractivity contribution is -0.133. The predicted molar refractivity (Wildman–Crippen MR) is 60.9 cm³/mol. The van der Waals surface area contributed by atoms with Crippen molar-refractivity contribution in [3.05, 3.63) is 18.5 Å². The molecular formula is C11H15N3O2. The Hall–Kier alpha value is -1.62. The van der Waals surface area contributed by atoms with Crippen LogP contribution in [0.1, 0.15) is 19.8 Å². The van der Waals surface area contributed by atoms with E-state index in [0.29, 0.717) is 18.0 Å². The van der Waals surface area contributed by atoms with Gasteiger partial charge < -0.3 is 15.8 Å². The van der Waals surface area contributed by atoms with Gasteiger partial charge in [-0.15, -0.1) is 0 Å². The van der Waals surface area contributed by atoms with Gasteiger partial charge in [-0.3, -0.25) is 9.78 Å². The highest BCUT2D eigenvalue weighted by Gasteiger charge is 2.37. The minimum atomic E-state index is -0.726. The maximum absolute atomic E-state index is 12.0. The minimum Gasteiger partial charge on any atom is -0.396 e. The Morgan fingerprint density at radius 3 is 3.12 bits per heavy atom. The van der Waals surface area contributed by atoms with Crippen molar-refractivity contribution in [2.75, 3.05) is 17.7 Å². The highest BCUT2D eigenvalue weighted by atomic mass is 16.5. The molecule has 0 aliphatic carbocycles. The molecule has 5 nitrogen and oxygen atoms in total. The largest absolute Gasteiger partial charge is 0.396 e. The van der Waals surface area contributed by atoms with Crippen LogP contribution in [0.15, 0.2) is 18.5 Å². The van der Waals surface area contributed by atoms with Crippen LogP contribution >= 0.6 is 0 Å². The van der Waals surface area contributed by atoms with Crippen molar-refractivity contribution >= 4 is 17.3 Å². The summed E-state index contributed by atoms with van der Waals surface area (Å²) < 4.78 is 5.45. The van der Waals surface area contributed by atoms with Crippen molar-refractivity contribution < 1.29 is 9.53 Å². The summed E-state index contributed by atoms with van der Waals surface area (Å²) in [5, 5.41) is 2.76. The van der Waals surface area contributed by atoms with E-state index in [-0.39, 0.29) is 5.91 Å². The molecule has 1 amide bonds. The van der Waals surface area contributed by atoms with Crippen molar-refractivity contribution in [3.63, 3.8) is 0 Å². The van der Waals surface area contributed by atoms with Crippen LogP contribution in [-0.2, 0) is 9.53 Å². The maximum Gasteiger partial charge on any atom is 0.256 e. The summed E-state index contributed by atoms with van der Waals surface area (Å²) >= 11 is 0. The van der Waals surface area contributed by atoms with Crippen LogP contribution in [0.25, 0.3) is 0 Å². The summed E-state index contributed by atoms with van der Waals surface area (Å²) in [6.07, 6.45) is 4.75. The van der Waals surface area contributed by atoms with Crippen LogP contribution in [0, 0.1) is 0 Å². The summed E-state index contributed by atoms with van der Waals surface area (Å²) in [5.74, 6) is -0.150. The molecular weight excluding hydrogens is 206 g/mol. The Bertz CT molecular complexity index is 400. The highest BCUT2D eigenvalue weighted by molar-refractivity contribution is 5.99. The van der Waals surface area contributed by atoms with E-state index in [9.17, 15) is 4.79 Å². The molecule has 5 heteroatoms. The Labute approximate surface area is 94.0 Å². The molecule has 3 N–H and O–H groups in total. The van der Waals surface area contributed by atoms with E-state index in [1.165, 1.54) is 6.20 Å². The van der Waals surface area contributed by atoms with Gasteiger partial charge in [-0.05, 0) is 25.8 Å². The molecule has 0 bridgehead atoms. The molecule has 1 atom stereocenters. The molecule has 1 fully saturated rings. The van der Waals surface area contributed by atoms with Crippen molar-refractivity contribution in [1.82, 2.24) is 4.98 Å². The van der Waals surface area contributed by atoms with Crippen LogP contribution in [0.4, 0.5) is 11.4 Å². The van der Waals surface area contributed by atoms with E-state index in [0.717, 1.165) is 12.8 Å². The third kappa shape index (κ3) is 1.99. The van der Waals surface area contributed by atoms with E-state index in [2.05, 4.69) is 10.3 Å². The fraction of sp³-hybridized carbons (Fsp3) is 0.455. The number of nitrogens with one attached hydrogen (secondary N) is 1. The first-order chi connectivity index (χ1) is 7.62. The summed E-state index contributed by atoms with van der Waals surface area (Å²) in [6.45, 7) is 2.43. The lowest BCUT2D eigenvalue weighted by atomic mass is 10.0. The number of nitrogens with zero attached hydrogens (tertiary/aromatic N) is 1. The molecule has 1 aromatic heterocycles. The number of carbonyl (C=O) groups is 1. The molecule has 0 aromatic carbocycles. The van der Waals surface area contributed by atoms with Crippen molar-refractivity contribution in [3.8, 4) is 0 Å². The summed E-state index contributed by atoms with van der Waals surface area (Å²) in [5.41, 5.74) is 6.00. The number of ether oxygens (including phenoxy) is 1. The molecule has 1 saturated heterocycles. The van der Waals surface area contributed by atoms with Crippen molar-refractivity contribution in [2.45, 2.75) is 25.4 Å². The summed E-state index contributed by atoms with van der Waals surface area (Å²) in [4.78, 5) is 15.8. The third-order valence-corrected chi connectivity index (χ3v) is 2.80. The topological polar surface area (TPSA) is 77.2 Å². The number of nitrogen functional groups attached to an aromatic ring is 1. The maximum atomic E-state index is 12.0. The van der Waals surface area contributed by atoms with E-state index >= 15 is 0 Å². The summed E-state index contributed by atoms with van der Waals surface area (Å²) in [7, 11) is 0. The number of rotatable bonds is 2. The van der Waals surface area contributed by atoms with Gasteiger partial charge in [0.25, 0.3) is 5.91 Å². The zero-order chi connectivity index (χ0) is 11.6. The van der Waals surface area contributed by atoms with E-state index in [4.69, 9.17) is 10.5 Å². The van der Waals surface area contributed by atoms with Gasteiger partial charge in [-0.1, -0.05) is 0 Å². The Morgan fingerprint density at radius 1 is 1.69 bits per heavy atom. The van der Waals surface area contributed by atoms with E-state index < -0.39 is 5.60 Å². The smallest absolute Gasteiger partial charge is 0.256 e. The van der Waals surface area contributed by atoms with Crippen LogP contribution in [0.3, 0.4) is 0 Å². The number of hydrogen-bond acceptors (Lipinski definition) is 4. The molecule has 16 heavy (non-hydrogen) atoms. The Morgan fingerprint density at radius 2 is 2.50 bits per heavy atom. The fourth-order valence-corrected chi connectivity index (χ4v) is 1.73. The van der Waals surface area contributed by atoms with Gasteiger partial charge in [-0.2, -0.15) is 0 Å². The predicted octanol–water partition coefficient (Wildman–Crippen LogP) is 1.17. The van der Waals surface area contributed by atoms with Gasteiger partial charge in [0.1, 0.15) is 5.60 Å².